The molecule has 0 amide bonds. The standard InChI is InChI=1S/C12H13ClN2O3S2/c1-8(16)7-14-20(17,18)11-10(15-12(13)19-11)9-5-3-2-4-6-9/h2-6,8,14,16H,7H2,1H3/t8-/m1/s1. The fourth-order valence-electron chi connectivity index (χ4n) is 1.54. The van der Waals surface area contributed by atoms with Crippen molar-refractivity contribution in [1.29, 1.82) is 0 Å². The van der Waals surface area contributed by atoms with Crippen molar-refractivity contribution in [1.82, 2.24) is 9.71 Å². The van der Waals surface area contributed by atoms with E-state index in [2.05, 4.69) is 9.71 Å². The van der Waals surface area contributed by atoms with Gasteiger partial charge in [-0.15, -0.1) is 0 Å². The maximum Gasteiger partial charge on any atom is 0.252 e. The van der Waals surface area contributed by atoms with Crippen LogP contribution in [0.1, 0.15) is 6.92 Å². The summed E-state index contributed by atoms with van der Waals surface area (Å²) in [5.74, 6) is 0. The molecule has 0 aliphatic carbocycles. The van der Waals surface area contributed by atoms with Gasteiger partial charge in [-0.2, -0.15) is 0 Å². The summed E-state index contributed by atoms with van der Waals surface area (Å²) in [6.07, 6.45) is -0.770. The summed E-state index contributed by atoms with van der Waals surface area (Å²) < 4.78 is 27.0. The Balaban J connectivity index is 2.43. The summed E-state index contributed by atoms with van der Waals surface area (Å²) in [4.78, 5) is 4.08. The third-order valence-corrected chi connectivity index (χ3v) is 5.52. The van der Waals surface area contributed by atoms with Gasteiger partial charge in [0, 0.05) is 12.1 Å². The third-order valence-electron chi connectivity index (χ3n) is 2.43. The molecule has 5 nitrogen and oxygen atoms in total. The van der Waals surface area contributed by atoms with Crippen molar-refractivity contribution in [3.05, 3.63) is 34.8 Å². The molecule has 0 fully saturated rings. The molecule has 1 heterocycles. The number of thiazole rings is 1. The minimum Gasteiger partial charge on any atom is -0.392 e. The molecule has 8 heteroatoms. The highest BCUT2D eigenvalue weighted by molar-refractivity contribution is 7.91. The molecule has 0 radical (unpaired) electrons. The first-order valence-electron chi connectivity index (χ1n) is 5.79. The number of aliphatic hydroxyl groups excluding tert-OH is 1. The van der Waals surface area contributed by atoms with Crippen molar-refractivity contribution in [2.24, 2.45) is 0 Å². The normalized spacial score (nSPS) is 13.3. The van der Waals surface area contributed by atoms with E-state index in [1.165, 1.54) is 6.92 Å². The number of nitrogens with zero attached hydrogens (tertiary/aromatic N) is 1. The lowest BCUT2D eigenvalue weighted by Gasteiger charge is -2.08. The van der Waals surface area contributed by atoms with Gasteiger partial charge in [0.15, 0.2) is 8.68 Å². The second kappa shape index (κ2) is 6.19. The number of hydrogen-bond acceptors (Lipinski definition) is 5. The topological polar surface area (TPSA) is 79.3 Å². The van der Waals surface area contributed by atoms with E-state index in [-0.39, 0.29) is 15.2 Å². The van der Waals surface area contributed by atoms with Crippen molar-refractivity contribution >= 4 is 33.0 Å². The summed E-state index contributed by atoms with van der Waals surface area (Å²) in [6, 6.07) is 8.94. The Kier molecular flexibility index (Phi) is 4.77. The average molecular weight is 333 g/mol. The van der Waals surface area contributed by atoms with Crippen LogP contribution in [-0.2, 0) is 10.0 Å². The summed E-state index contributed by atoms with van der Waals surface area (Å²) in [5.41, 5.74) is 0.992. The van der Waals surface area contributed by atoms with Crippen LogP contribution in [-0.4, -0.2) is 31.2 Å². The molecular weight excluding hydrogens is 320 g/mol. The number of rotatable bonds is 5. The molecule has 1 aromatic carbocycles. The van der Waals surface area contributed by atoms with Crippen LogP contribution in [0, 0.1) is 0 Å². The predicted octanol–water partition coefficient (Wildman–Crippen LogP) is 2.12. The SMILES string of the molecule is C[C@@H](O)CNS(=O)(=O)c1sc(Cl)nc1-c1ccccc1. The second-order valence-corrected chi connectivity index (χ2v) is 7.71. The Bertz CT molecular complexity index is 684. The van der Waals surface area contributed by atoms with Crippen LogP contribution < -0.4 is 4.72 Å². The number of sulfonamides is 1. The van der Waals surface area contributed by atoms with Crippen LogP contribution >= 0.6 is 22.9 Å². The first-order chi connectivity index (χ1) is 9.40. The van der Waals surface area contributed by atoms with Gasteiger partial charge in [0.2, 0.25) is 0 Å². The maximum atomic E-state index is 12.2. The molecule has 1 aromatic heterocycles. The van der Waals surface area contributed by atoms with Crippen LogP contribution in [0.15, 0.2) is 34.5 Å². The van der Waals surface area contributed by atoms with Gasteiger partial charge in [0.1, 0.15) is 5.69 Å². The van der Waals surface area contributed by atoms with Gasteiger partial charge in [-0.05, 0) is 6.92 Å². The van der Waals surface area contributed by atoms with Gasteiger partial charge in [-0.25, -0.2) is 18.1 Å². The van der Waals surface area contributed by atoms with E-state index < -0.39 is 16.1 Å². The van der Waals surface area contributed by atoms with E-state index in [1.54, 1.807) is 24.3 Å². The Morgan fingerprint density at radius 2 is 2.05 bits per heavy atom. The van der Waals surface area contributed by atoms with E-state index in [0.717, 1.165) is 11.3 Å². The van der Waals surface area contributed by atoms with Gasteiger partial charge in [-0.1, -0.05) is 53.3 Å². The summed E-state index contributed by atoms with van der Waals surface area (Å²) in [7, 11) is -3.75. The molecular formula is C12H13ClN2O3S2. The first kappa shape index (κ1) is 15.4. The lowest BCUT2D eigenvalue weighted by Crippen LogP contribution is -2.30. The monoisotopic (exact) mass is 332 g/mol. The third kappa shape index (κ3) is 3.56. The van der Waals surface area contributed by atoms with Gasteiger partial charge in [-0.3, -0.25) is 0 Å². The van der Waals surface area contributed by atoms with Gasteiger partial charge in [0.05, 0.1) is 6.10 Å². The molecule has 0 aliphatic heterocycles. The number of nitrogens with one attached hydrogen (secondary N) is 1. The largest absolute Gasteiger partial charge is 0.392 e. The van der Waals surface area contributed by atoms with Crippen molar-refractivity contribution in [2.45, 2.75) is 17.2 Å². The smallest absolute Gasteiger partial charge is 0.252 e. The van der Waals surface area contributed by atoms with Crippen LogP contribution in [0.3, 0.4) is 0 Å². The summed E-state index contributed by atoms with van der Waals surface area (Å²) >= 11 is 6.74. The molecule has 0 spiro atoms. The minimum atomic E-state index is -3.75. The maximum absolute atomic E-state index is 12.2. The van der Waals surface area contributed by atoms with Crippen molar-refractivity contribution in [3.8, 4) is 11.3 Å². The number of aromatic nitrogens is 1. The van der Waals surface area contributed by atoms with E-state index in [4.69, 9.17) is 11.6 Å². The zero-order valence-corrected chi connectivity index (χ0v) is 13.0. The van der Waals surface area contributed by atoms with Crippen molar-refractivity contribution in [3.63, 3.8) is 0 Å². The van der Waals surface area contributed by atoms with E-state index in [9.17, 15) is 13.5 Å². The number of aliphatic hydroxyl groups is 1. The lowest BCUT2D eigenvalue weighted by atomic mass is 10.2. The molecule has 20 heavy (non-hydrogen) atoms. The van der Waals surface area contributed by atoms with Crippen LogP contribution in [0.2, 0.25) is 4.47 Å². The Labute approximate surface area is 126 Å². The van der Waals surface area contributed by atoms with Crippen molar-refractivity contribution < 1.29 is 13.5 Å². The number of hydrogen-bond donors (Lipinski definition) is 2. The van der Waals surface area contributed by atoms with E-state index in [1.807, 2.05) is 6.07 Å². The highest BCUT2D eigenvalue weighted by Crippen LogP contribution is 2.34. The van der Waals surface area contributed by atoms with Crippen LogP contribution in [0.5, 0.6) is 0 Å². The molecule has 0 unspecified atom stereocenters. The zero-order chi connectivity index (χ0) is 14.8. The zero-order valence-electron chi connectivity index (χ0n) is 10.6. The van der Waals surface area contributed by atoms with Gasteiger partial charge >= 0.3 is 0 Å². The van der Waals surface area contributed by atoms with Crippen LogP contribution in [0.4, 0.5) is 0 Å². The first-order valence-corrected chi connectivity index (χ1v) is 8.47. The lowest BCUT2D eigenvalue weighted by molar-refractivity contribution is 0.198. The average Bonchev–Trinajstić information content (AvgIpc) is 2.81. The number of benzene rings is 1. The predicted molar refractivity (Wildman–Crippen MR) is 79.4 cm³/mol. The minimum absolute atomic E-state index is 0.0503. The highest BCUT2D eigenvalue weighted by atomic mass is 35.5. The van der Waals surface area contributed by atoms with Gasteiger partial charge < -0.3 is 5.11 Å². The molecule has 2 rings (SSSR count). The molecule has 1 atom stereocenters. The van der Waals surface area contributed by atoms with E-state index in [0.29, 0.717) is 11.3 Å². The molecule has 0 saturated carbocycles. The molecule has 0 saturated heterocycles. The van der Waals surface area contributed by atoms with Gasteiger partial charge in [0.25, 0.3) is 10.0 Å². The molecule has 108 valence electrons. The fraction of sp³-hybridized carbons (Fsp3) is 0.250. The highest BCUT2D eigenvalue weighted by Gasteiger charge is 2.24. The molecule has 0 bridgehead atoms. The Morgan fingerprint density at radius 1 is 1.40 bits per heavy atom. The van der Waals surface area contributed by atoms with E-state index >= 15 is 0 Å². The quantitative estimate of drug-likeness (QED) is 0.879. The second-order valence-electron chi connectivity index (χ2n) is 4.17. The van der Waals surface area contributed by atoms with Crippen molar-refractivity contribution in [2.75, 3.05) is 6.54 Å². The Morgan fingerprint density at radius 3 is 2.65 bits per heavy atom. The number of halogens is 1. The molecule has 0 aliphatic rings. The summed E-state index contributed by atoms with van der Waals surface area (Å²) in [5, 5.41) is 9.19. The molecule has 2 N–H and O–H groups in total. The fourth-order valence-corrected chi connectivity index (χ4v) is 4.40. The Hall–Kier alpha value is -0.990. The van der Waals surface area contributed by atoms with Crippen LogP contribution in [0.25, 0.3) is 11.3 Å². The summed E-state index contributed by atoms with van der Waals surface area (Å²) in [6.45, 7) is 1.44. The molecule has 2 aromatic rings.